The number of hydrogen-bond donors (Lipinski definition) is 2. The zero-order chi connectivity index (χ0) is 17.8. The molecule has 0 saturated carbocycles. The molecule has 0 fully saturated rings. The van der Waals surface area contributed by atoms with Crippen molar-refractivity contribution in [3.05, 3.63) is 29.6 Å². The van der Waals surface area contributed by atoms with E-state index in [-0.39, 0.29) is 6.42 Å². The second-order valence-electron chi connectivity index (χ2n) is 6.18. The number of aliphatic carboxylic acids is 1. The summed E-state index contributed by atoms with van der Waals surface area (Å²) in [4.78, 5) is 26.5. The van der Waals surface area contributed by atoms with E-state index in [2.05, 4.69) is 10.3 Å². The fourth-order valence-corrected chi connectivity index (χ4v) is 1.69. The molecule has 1 amide bonds. The molecular weight excluding hydrogens is 310 g/mol. The highest BCUT2D eigenvalue weighted by Crippen LogP contribution is 2.24. The topological polar surface area (TPSA) is 88.5 Å². The van der Waals surface area contributed by atoms with Crippen molar-refractivity contribution in [3.8, 4) is 0 Å². The Bertz CT molecular complexity index is 562. The smallest absolute Gasteiger partial charge is 0.408 e. The van der Waals surface area contributed by atoms with Gasteiger partial charge in [0.25, 0.3) is 5.92 Å². The third-order valence-corrected chi connectivity index (χ3v) is 2.70. The van der Waals surface area contributed by atoms with Gasteiger partial charge in [0, 0.05) is 19.5 Å². The van der Waals surface area contributed by atoms with Crippen LogP contribution in [0.3, 0.4) is 0 Å². The first-order valence-corrected chi connectivity index (χ1v) is 6.94. The van der Waals surface area contributed by atoms with Gasteiger partial charge in [-0.25, -0.2) is 9.59 Å². The summed E-state index contributed by atoms with van der Waals surface area (Å²) in [5.74, 6) is -4.33. The molecule has 1 aromatic rings. The number of halogens is 2. The number of aromatic nitrogens is 1. The van der Waals surface area contributed by atoms with Crippen LogP contribution in [0, 0.1) is 0 Å². The number of carboxylic acid groups (broad SMARTS) is 1. The van der Waals surface area contributed by atoms with E-state index < -0.39 is 35.3 Å². The van der Waals surface area contributed by atoms with E-state index >= 15 is 0 Å². The Morgan fingerprint density at radius 3 is 2.30 bits per heavy atom. The number of carbonyl (C=O) groups excluding carboxylic acids is 1. The van der Waals surface area contributed by atoms with E-state index in [4.69, 9.17) is 9.84 Å². The molecule has 0 aliphatic rings. The summed E-state index contributed by atoms with van der Waals surface area (Å²) < 4.78 is 31.1. The van der Waals surface area contributed by atoms with Crippen LogP contribution in [0.25, 0.3) is 0 Å². The molecule has 0 spiro atoms. The van der Waals surface area contributed by atoms with E-state index in [9.17, 15) is 18.4 Å². The zero-order valence-electron chi connectivity index (χ0n) is 13.4. The van der Waals surface area contributed by atoms with Gasteiger partial charge in [-0.05, 0) is 32.4 Å². The normalized spacial score (nSPS) is 13.3. The minimum atomic E-state index is -3.07. The lowest BCUT2D eigenvalue weighted by Crippen LogP contribution is -2.44. The van der Waals surface area contributed by atoms with Crippen LogP contribution in [0.5, 0.6) is 0 Å². The third-order valence-electron chi connectivity index (χ3n) is 2.70. The van der Waals surface area contributed by atoms with Gasteiger partial charge in [0.05, 0.1) is 0 Å². The van der Waals surface area contributed by atoms with E-state index in [0.29, 0.717) is 5.56 Å². The highest BCUT2D eigenvalue weighted by Gasteiger charge is 2.27. The fraction of sp³-hybridized carbons (Fsp3) is 0.533. The molecule has 2 N–H and O–H groups in total. The molecule has 0 saturated heterocycles. The first-order chi connectivity index (χ1) is 10.4. The van der Waals surface area contributed by atoms with Crippen molar-refractivity contribution in [1.29, 1.82) is 0 Å². The van der Waals surface area contributed by atoms with Gasteiger partial charge < -0.3 is 15.2 Å². The van der Waals surface area contributed by atoms with E-state index in [1.54, 1.807) is 20.8 Å². The highest BCUT2D eigenvalue weighted by molar-refractivity contribution is 5.80. The minimum absolute atomic E-state index is 0.100. The highest BCUT2D eigenvalue weighted by atomic mass is 19.3. The number of hydrogen-bond acceptors (Lipinski definition) is 4. The third kappa shape index (κ3) is 6.58. The SMILES string of the molecule is CC(C)(C)OC(=O)N[C@@H](Cc1ccc(C(C)(F)F)nc1)C(=O)O. The number of ether oxygens (including phenoxy) is 1. The molecule has 0 bridgehead atoms. The quantitative estimate of drug-likeness (QED) is 0.866. The lowest BCUT2D eigenvalue weighted by Gasteiger charge is -2.22. The summed E-state index contributed by atoms with van der Waals surface area (Å²) in [6, 6.07) is 1.23. The second-order valence-corrected chi connectivity index (χ2v) is 6.18. The molecule has 1 heterocycles. The van der Waals surface area contributed by atoms with E-state index in [1.165, 1.54) is 12.3 Å². The molecule has 1 atom stereocenters. The van der Waals surface area contributed by atoms with Crippen molar-refractivity contribution in [3.63, 3.8) is 0 Å². The molecule has 0 aliphatic heterocycles. The Labute approximate surface area is 132 Å². The number of carbonyl (C=O) groups is 2. The number of rotatable bonds is 5. The Morgan fingerprint density at radius 1 is 1.30 bits per heavy atom. The second kappa shape index (κ2) is 6.89. The molecule has 0 aromatic carbocycles. The summed E-state index contributed by atoms with van der Waals surface area (Å²) in [6.45, 7) is 5.67. The average Bonchev–Trinajstić information content (AvgIpc) is 2.35. The molecule has 1 aromatic heterocycles. The molecule has 0 unspecified atom stereocenters. The van der Waals surface area contributed by atoms with Crippen LogP contribution < -0.4 is 5.32 Å². The van der Waals surface area contributed by atoms with Crippen LogP contribution in [0.4, 0.5) is 13.6 Å². The van der Waals surface area contributed by atoms with Gasteiger partial charge in [-0.3, -0.25) is 4.98 Å². The van der Waals surface area contributed by atoms with Crippen molar-refractivity contribution < 1.29 is 28.2 Å². The van der Waals surface area contributed by atoms with Gasteiger partial charge in [0.2, 0.25) is 0 Å². The first-order valence-electron chi connectivity index (χ1n) is 6.94. The molecule has 128 valence electrons. The van der Waals surface area contributed by atoms with Crippen LogP contribution in [-0.2, 0) is 21.9 Å². The molecule has 23 heavy (non-hydrogen) atoms. The lowest BCUT2D eigenvalue weighted by atomic mass is 10.1. The van der Waals surface area contributed by atoms with Crippen LogP contribution in [0.15, 0.2) is 18.3 Å². The number of carboxylic acids is 1. The number of alkyl halides is 2. The molecule has 6 nitrogen and oxygen atoms in total. The molecular formula is C15H20F2N2O4. The Balaban J connectivity index is 2.77. The summed E-state index contributed by atoms with van der Waals surface area (Å²) in [5, 5.41) is 11.4. The Hall–Kier alpha value is -2.25. The van der Waals surface area contributed by atoms with Crippen molar-refractivity contribution in [2.75, 3.05) is 0 Å². The number of amides is 1. The monoisotopic (exact) mass is 330 g/mol. The lowest BCUT2D eigenvalue weighted by molar-refractivity contribution is -0.139. The number of alkyl carbamates (subject to hydrolysis) is 1. The van der Waals surface area contributed by atoms with E-state index in [1.807, 2.05) is 0 Å². The summed E-state index contributed by atoms with van der Waals surface area (Å²) in [6.07, 6.45) is 0.200. The first kappa shape index (κ1) is 18.8. The van der Waals surface area contributed by atoms with Gasteiger partial charge in [0.1, 0.15) is 17.3 Å². The van der Waals surface area contributed by atoms with E-state index in [0.717, 1.165) is 13.0 Å². The molecule has 1 rings (SSSR count). The Morgan fingerprint density at radius 2 is 1.91 bits per heavy atom. The predicted octanol–water partition coefficient (Wildman–Crippen LogP) is 2.71. The van der Waals surface area contributed by atoms with Crippen LogP contribution in [-0.4, -0.2) is 33.8 Å². The molecule has 0 aliphatic carbocycles. The summed E-state index contributed by atoms with van der Waals surface area (Å²) in [5.41, 5.74) is -0.766. The summed E-state index contributed by atoms with van der Waals surface area (Å²) in [7, 11) is 0. The maximum absolute atomic E-state index is 13.1. The minimum Gasteiger partial charge on any atom is -0.480 e. The molecule has 8 heteroatoms. The number of nitrogens with zero attached hydrogens (tertiary/aromatic N) is 1. The van der Waals surface area contributed by atoms with Gasteiger partial charge in [-0.15, -0.1) is 0 Å². The zero-order valence-corrected chi connectivity index (χ0v) is 13.4. The predicted molar refractivity (Wildman–Crippen MR) is 78.3 cm³/mol. The molecule has 0 radical (unpaired) electrons. The van der Waals surface area contributed by atoms with Gasteiger partial charge >= 0.3 is 12.1 Å². The van der Waals surface area contributed by atoms with Crippen molar-refractivity contribution >= 4 is 12.1 Å². The Kier molecular flexibility index (Phi) is 5.63. The van der Waals surface area contributed by atoms with Gasteiger partial charge in [-0.2, -0.15) is 8.78 Å². The van der Waals surface area contributed by atoms with Crippen LogP contribution in [0.2, 0.25) is 0 Å². The maximum atomic E-state index is 13.1. The average molecular weight is 330 g/mol. The number of pyridine rings is 1. The maximum Gasteiger partial charge on any atom is 0.408 e. The van der Waals surface area contributed by atoms with Crippen molar-refractivity contribution in [2.24, 2.45) is 0 Å². The van der Waals surface area contributed by atoms with Crippen LogP contribution in [0.1, 0.15) is 39.0 Å². The van der Waals surface area contributed by atoms with Crippen molar-refractivity contribution in [2.45, 2.75) is 51.7 Å². The van der Waals surface area contributed by atoms with Gasteiger partial charge in [0.15, 0.2) is 0 Å². The number of nitrogens with one attached hydrogen (secondary N) is 1. The van der Waals surface area contributed by atoms with Gasteiger partial charge in [-0.1, -0.05) is 6.07 Å². The largest absolute Gasteiger partial charge is 0.480 e. The fourth-order valence-electron chi connectivity index (χ4n) is 1.69. The standard InChI is InChI=1S/C15H20F2N2O4/c1-14(2,3)23-13(22)19-10(12(20)21)7-9-5-6-11(18-8-9)15(4,16)17/h5-6,8,10H,7H2,1-4H3,(H,19,22)(H,20,21)/t10-/m0/s1. The van der Waals surface area contributed by atoms with Crippen molar-refractivity contribution in [1.82, 2.24) is 10.3 Å². The van der Waals surface area contributed by atoms with Crippen LogP contribution >= 0.6 is 0 Å². The summed E-state index contributed by atoms with van der Waals surface area (Å²) >= 11 is 0.